The Bertz CT molecular complexity index is 392. The molecule has 1 aromatic carbocycles. The molecule has 0 saturated heterocycles. The van der Waals surface area contributed by atoms with Crippen LogP contribution in [0.3, 0.4) is 0 Å². The van der Waals surface area contributed by atoms with Crippen LogP contribution in [0.5, 0.6) is 0 Å². The summed E-state index contributed by atoms with van der Waals surface area (Å²) in [4.78, 5) is 0. The van der Waals surface area contributed by atoms with E-state index in [2.05, 4.69) is 17.1 Å². The second-order valence-electron chi connectivity index (χ2n) is 3.64. The third-order valence-electron chi connectivity index (χ3n) is 2.34. The summed E-state index contributed by atoms with van der Waals surface area (Å²) in [7, 11) is 0. The van der Waals surface area contributed by atoms with Crippen LogP contribution in [0, 0.1) is 0 Å². The Balaban J connectivity index is 2.72. The number of rotatable bonds is 6. The molecule has 0 aromatic heterocycles. The van der Waals surface area contributed by atoms with Crippen molar-refractivity contribution in [1.29, 1.82) is 0 Å². The first-order chi connectivity index (χ1) is 8.15. The van der Waals surface area contributed by atoms with Gasteiger partial charge in [0, 0.05) is 18.1 Å². The van der Waals surface area contributed by atoms with Crippen molar-refractivity contribution in [2.75, 3.05) is 13.1 Å². The maximum atomic E-state index is 8.77. The molecular formula is C12H16ClN3O. The molecule has 4 nitrogen and oxygen atoms in total. The van der Waals surface area contributed by atoms with Gasteiger partial charge in [0.05, 0.1) is 5.92 Å². The lowest BCUT2D eigenvalue weighted by Crippen LogP contribution is -2.32. The lowest BCUT2D eigenvalue weighted by atomic mass is 9.98. The fourth-order valence-electron chi connectivity index (χ4n) is 1.50. The molecule has 1 rings (SSSR count). The Morgan fingerprint density at radius 1 is 1.47 bits per heavy atom. The van der Waals surface area contributed by atoms with Crippen LogP contribution in [0.25, 0.3) is 0 Å². The molecule has 1 unspecified atom stereocenters. The highest BCUT2D eigenvalue weighted by Crippen LogP contribution is 2.14. The summed E-state index contributed by atoms with van der Waals surface area (Å²) < 4.78 is 0. The molecule has 1 aromatic rings. The summed E-state index contributed by atoms with van der Waals surface area (Å²) in [6.45, 7) is 4.60. The summed E-state index contributed by atoms with van der Waals surface area (Å²) in [6, 6.07) is 9.60. The van der Waals surface area contributed by atoms with Gasteiger partial charge in [-0.05, 0) is 5.56 Å². The largest absolute Gasteiger partial charge is 0.409 e. The first-order valence-electron chi connectivity index (χ1n) is 5.21. The Labute approximate surface area is 106 Å². The molecule has 4 N–H and O–H groups in total. The molecule has 92 valence electrons. The molecular weight excluding hydrogens is 238 g/mol. The predicted molar refractivity (Wildman–Crippen MR) is 70.5 cm³/mol. The van der Waals surface area contributed by atoms with Crippen LogP contribution in [-0.4, -0.2) is 24.1 Å². The van der Waals surface area contributed by atoms with Crippen molar-refractivity contribution in [3.8, 4) is 0 Å². The van der Waals surface area contributed by atoms with Gasteiger partial charge in [-0.3, -0.25) is 0 Å². The minimum Gasteiger partial charge on any atom is -0.409 e. The predicted octanol–water partition coefficient (Wildman–Crippen LogP) is 1.86. The van der Waals surface area contributed by atoms with Crippen LogP contribution in [-0.2, 0) is 0 Å². The highest BCUT2D eigenvalue weighted by Gasteiger charge is 2.15. The minimum atomic E-state index is -0.183. The molecule has 0 aliphatic heterocycles. The van der Waals surface area contributed by atoms with Gasteiger partial charge in [0.2, 0.25) is 0 Å². The number of halogens is 1. The van der Waals surface area contributed by atoms with E-state index in [0.717, 1.165) is 5.56 Å². The monoisotopic (exact) mass is 253 g/mol. The van der Waals surface area contributed by atoms with Crippen LogP contribution in [0.1, 0.15) is 11.5 Å². The highest BCUT2D eigenvalue weighted by atomic mass is 35.5. The first-order valence-corrected chi connectivity index (χ1v) is 5.59. The standard InChI is InChI=1S/C12H16ClN3O/c1-9(13)7-15-8-11(12(14)16-17)10-5-3-2-4-6-10/h2-6,11,15,17H,1,7-8H2,(H2,14,16). The number of oxime groups is 1. The number of nitrogens with one attached hydrogen (secondary N) is 1. The van der Waals surface area contributed by atoms with Gasteiger partial charge in [0.1, 0.15) is 5.84 Å². The van der Waals surface area contributed by atoms with Crippen LogP contribution in [0.2, 0.25) is 0 Å². The van der Waals surface area contributed by atoms with E-state index in [1.165, 1.54) is 0 Å². The Kier molecular flexibility index (Phi) is 5.52. The number of hydrogen-bond donors (Lipinski definition) is 3. The maximum absolute atomic E-state index is 8.77. The molecule has 0 spiro atoms. The van der Waals surface area contributed by atoms with E-state index in [-0.39, 0.29) is 11.8 Å². The Hall–Kier alpha value is -1.52. The smallest absolute Gasteiger partial charge is 0.147 e. The molecule has 5 heteroatoms. The van der Waals surface area contributed by atoms with E-state index < -0.39 is 0 Å². The molecule has 1 atom stereocenters. The van der Waals surface area contributed by atoms with Crippen molar-refractivity contribution in [3.63, 3.8) is 0 Å². The van der Waals surface area contributed by atoms with Crippen LogP contribution in [0.15, 0.2) is 47.1 Å². The molecule has 0 bridgehead atoms. The fraction of sp³-hybridized carbons (Fsp3) is 0.250. The van der Waals surface area contributed by atoms with E-state index in [0.29, 0.717) is 18.1 Å². The molecule has 0 radical (unpaired) electrons. The second kappa shape index (κ2) is 6.93. The Morgan fingerprint density at radius 3 is 2.65 bits per heavy atom. The SMILES string of the molecule is C=C(Cl)CNCC(/C(N)=N\O)c1ccccc1. The fourth-order valence-corrected chi connectivity index (χ4v) is 1.59. The van der Waals surface area contributed by atoms with Crippen molar-refractivity contribution >= 4 is 17.4 Å². The van der Waals surface area contributed by atoms with E-state index in [1.54, 1.807) is 0 Å². The summed E-state index contributed by atoms with van der Waals surface area (Å²) >= 11 is 5.65. The maximum Gasteiger partial charge on any atom is 0.147 e. The highest BCUT2D eigenvalue weighted by molar-refractivity contribution is 6.29. The third kappa shape index (κ3) is 4.46. The van der Waals surface area contributed by atoms with Crippen LogP contribution < -0.4 is 11.1 Å². The Morgan fingerprint density at radius 2 is 2.12 bits per heavy atom. The number of amidine groups is 1. The quantitative estimate of drug-likeness (QED) is 0.314. The number of nitrogens with zero attached hydrogens (tertiary/aromatic N) is 1. The van der Waals surface area contributed by atoms with Gasteiger partial charge in [0.15, 0.2) is 0 Å². The van der Waals surface area contributed by atoms with Gasteiger partial charge < -0.3 is 16.3 Å². The van der Waals surface area contributed by atoms with Gasteiger partial charge in [-0.2, -0.15) is 0 Å². The number of hydrogen-bond acceptors (Lipinski definition) is 3. The molecule has 0 amide bonds. The molecule has 0 aliphatic rings. The molecule has 0 fully saturated rings. The summed E-state index contributed by atoms with van der Waals surface area (Å²) in [5, 5.41) is 15.4. The molecule has 0 heterocycles. The van der Waals surface area contributed by atoms with E-state index in [1.807, 2.05) is 30.3 Å². The van der Waals surface area contributed by atoms with Crippen molar-refractivity contribution in [2.45, 2.75) is 5.92 Å². The average Bonchev–Trinajstić information content (AvgIpc) is 2.34. The van der Waals surface area contributed by atoms with Gasteiger partial charge >= 0.3 is 0 Å². The zero-order valence-corrected chi connectivity index (χ0v) is 10.2. The van der Waals surface area contributed by atoms with Gasteiger partial charge in [-0.15, -0.1) is 0 Å². The molecule has 17 heavy (non-hydrogen) atoms. The van der Waals surface area contributed by atoms with Crippen LogP contribution in [0.4, 0.5) is 0 Å². The van der Waals surface area contributed by atoms with Crippen molar-refractivity contribution in [3.05, 3.63) is 47.5 Å². The van der Waals surface area contributed by atoms with Crippen molar-refractivity contribution in [2.24, 2.45) is 10.9 Å². The lowest BCUT2D eigenvalue weighted by Gasteiger charge is -2.16. The zero-order chi connectivity index (χ0) is 12.7. The van der Waals surface area contributed by atoms with Crippen molar-refractivity contribution < 1.29 is 5.21 Å². The number of nitrogens with two attached hydrogens (primary N) is 1. The topological polar surface area (TPSA) is 70.6 Å². The van der Waals surface area contributed by atoms with E-state index in [9.17, 15) is 0 Å². The first kappa shape index (κ1) is 13.5. The third-order valence-corrected chi connectivity index (χ3v) is 2.47. The van der Waals surface area contributed by atoms with E-state index in [4.69, 9.17) is 22.5 Å². The number of benzene rings is 1. The summed E-state index contributed by atoms with van der Waals surface area (Å²) in [5.74, 6) is -0.0129. The summed E-state index contributed by atoms with van der Waals surface area (Å²) in [6.07, 6.45) is 0. The zero-order valence-electron chi connectivity index (χ0n) is 9.44. The van der Waals surface area contributed by atoms with Crippen LogP contribution >= 0.6 is 11.6 Å². The van der Waals surface area contributed by atoms with Gasteiger partial charge in [-0.25, -0.2) is 0 Å². The summed E-state index contributed by atoms with van der Waals surface area (Å²) in [5.41, 5.74) is 6.65. The minimum absolute atomic E-state index is 0.170. The lowest BCUT2D eigenvalue weighted by molar-refractivity contribution is 0.315. The normalized spacial score (nSPS) is 13.4. The second-order valence-corrected chi connectivity index (χ2v) is 4.17. The van der Waals surface area contributed by atoms with Gasteiger partial charge in [-0.1, -0.05) is 53.7 Å². The average molecular weight is 254 g/mol. The molecule has 0 saturated carbocycles. The van der Waals surface area contributed by atoms with Gasteiger partial charge in [0.25, 0.3) is 0 Å². The van der Waals surface area contributed by atoms with Crippen molar-refractivity contribution in [1.82, 2.24) is 5.32 Å². The van der Waals surface area contributed by atoms with E-state index >= 15 is 0 Å². The molecule has 0 aliphatic carbocycles.